The second-order valence-corrected chi connectivity index (χ2v) is 7.98. The van der Waals surface area contributed by atoms with Gasteiger partial charge in [0, 0.05) is 13.1 Å². The van der Waals surface area contributed by atoms with Crippen molar-refractivity contribution in [2.75, 3.05) is 13.1 Å². The summed E-state index contributed by atoms with van der Waals surface area (Å²) in [6.07, 6.45) is 1.51. The van der Waals surface area contributed by atoms with Crippen LogP contribution in [0.2, 0.25) is 0 Å². The van der Waals surface area contributed by atoms with E-state index >= 15 is 0 Å². The first kappa shape index (κ1) is 19.5. The SMILES string of the molecule is Cc1ccc(C2=C(N3CC(C)OC(C)C3)C(=O)N(Cc3ccco3)C2=O)c(C)c1. The number of morpholine rings is 1. The Hall–Kier alpha value is -2.86. The van der Waals surface area contributed by atoms with Crippen LogP contribution in [0.25, 0.3) is 5.57 Å². The molecule has 2 aliphatic heterocycles. The van der Waals surface area contributed by atoms with Crippen LogP contribution in [0.4, 0.5) is 0 Å². The van der Waals surface area contributed by atoms with Gasteiger partial charge in [0.1, 0.15) is 11.5 Å². The number of carbonyl (C=O) groups excluding carboxylic acids is 2. The predicted octanol–water partition coefficient (Wildman–Crippen LogP) is 3.29. The van der Waals surface area contributed by atoms with Crippen LogP contribution in [-0.2, 0) is 20.9 Å². The zero-order chi connectivity index (χ0) is 20.7. The third-order valence-electron chi connectivity index (χ3n) is 5.42. The Labute approximate surface area is 170 Å². The summed E-state index contributed by atoms with van der Waals surface area (Å²) in [7, 11) is 0. The molecule has 4 rings (SSSR count). The van der Waals surface area contributed by atoms with Gasteiger partial charge in [-0.3, -0.25) is 14.5 Å². The maximum absolute atomic E-state index is 13.4. The maximum atomic E-state index is 13.4. The average molecular weight is 394 g/mol. The van der Waals surface area contributed by atoms with Crippen molar-refractivity contribution in [2.24, 2.45) is 0 Å². The van der Waals surface area contributed by atoms with Gasteiger partial charge in [0.25, 0.3) is 11.8 Å². The molecule has 1 aromatic carbocycles. The molecule has 0 N–H and O–H groups in total. The Morgan fingerprint density at radius 2 is 1.76 bits per heavy atom. The summed E-state index contributed by atoms with van der Waals surface area (Å²) in [5.41, 5.74) is 3.84. The predicted molar refractivity (Wildman–Crippen MR) is 109 cm³/mol. The van der Waals surface area contributed by atoms with Gasteiger partial charge in [0.15, 0.2) is 0 Å². The lowest BCUT2D eigenvalue weighted by atomic mass is 9.97. The molecule has 2 unspecified atom stereocenters. The second-order valence-electron chi connectivity index (χ2n) is 7.98. The van der Waals surface area contributed by atoms with Crippen LogP contribution in [0.3, 0.4) is 0 Å². The Bertz CT molecular complexity index is 967. The third-order valence-corrected chi connectivity index (χ3v) is 5.42. The molecule has 2 amide bonds. The van der Waals surface area contributed by atoms with Crippen LogP contribution >= 0.6 is 0 Å². The molecule has 1 fully saturated rings. The number of furan rings is 1. The Balaban J connectivity index is 1.80. The third kappa shape index (κ3) is 3.60. The molecule has 29 heavy (non-hydrogen) atoms. The van der Waals surface area contributed by atoms with Gasteiger partial charge in [-0.1, -0.05) is 23.8 Å². The topological polar surface area (TPSA) is 63.0 Å². The highest BCUT2D eigenvalue weighted by Gasteiger charge is 2.43. The molecular weight excluding hydrogens is 368 g/mol. The highest BCUT2D eigenvalue weighted by atomic mass is 16.5. The number of aryl methyl sites for hydroxylation is 2. The summed E-state index contributed by atoms with van der Waals surface area (Å²) in [5.74, 6) is 0.0273. The Morgan fingerprint density at radius 3 is 2.38 bits per heavy atom. The van der Waals surface area contributed by atoms with E-state index in [1.54, 1.807) is 18.4 Å². The maximum Gasteiger partial charge on any atom is 0.278 e. The van der Waals surface area contributed by atoms with E-state index in [0.717, 1.165) is 16.7 Å². The minimum absolute atomic E-state index is 0.0198. The minimum atomic E-state index is -0.278. The van der Waals surface area contributed by atoms with E-state index in [0.29, 0.717) is 30.1 Å². The smallest absolute Gasteiger partial charge is 0.278 e. The van der Waals surface area contributed by atoms with Gasteiger partial charge in [-0.2, -0.15) is 0 Å². The van der Waals surface area contributed by atoms with Crippen molar-refractivity contribution in [1.29, 1.82) is 0 Å². The standard InChI is InChI=1S/C23H26N2O4/c1-14-7-8-19(15(2)10-14)20-21(24-11-16(3)29-17(4)12-24)23(27)25(22(20)26)13-18-6-5-9-28-18/h5-10,16-17H,11-13H2,1-4H3. The van der Waals surface area contributed by atoms with E-state index in [9.17, 15) is 9.59 Å². The quantitative estimate of drug-likeness (QED) is 0.745. The molecule has 2 aromatic rings. The van der Waals surface area contributed by atoms with Gasteiger partial charge in [-0.25, -0.2) is 0 Å². The van der Waals surface area contributed by atoms with Crippen LogP contribution < -0.4 is 0 Å². The number of hydrogen-bond acceptors (Lipinski definition) is 5. The first-order valence-corrected chi connectivity index (χ1v) is 9.96. The molecule has 6 heteroatoms. The lowest BCUT2D eigenvalue weighted by molar-refractivity contribution is -0.139. The molecule has 6 nitrogen and oxygen atoms in total. The van der Waals surface area contributed by atoms with E-state index in [1.165, 1.54) is 4.90 Å². The largest absolute Gasteiger partial charge is 0.467 e. The monoisotopic (exact) mass is 394 g/mol. The van der Waals surface area contributed by atoms with E-state index in [-0.39, 0.29) is 30.6 Å². The van der Waals surface area contributed by atoms with Crippen LogP contribution in [0.5, 0.6) is 0 Å². The van der Waals surface area contributed by atoms with Gasteiger partial charge >= 0.3 is 0 Å². The van der Waals surface area contributed by atoms with E-state index < -0.39 is 0 Å². The van der Waals surface area contributed by atoms with Crippen LogP contribution in [0.1, 0.15) is 36.3 Å². The fourth-order valence-electron chi connectivity index (χ4n) is 4.26. The van der Waals surface area contributed by atoms with E-state index in [2.05, 4.69) is 0 Å². The molecule has 0 saturated carbocycles. The van der Waals surface area contributed by atoms with Crippen molar-refractivity contribution in [1.82, 2.24) is 9.80 Å². The molecule has 1 saturated heterocycles. The van der Waals surface area contributed by atoms with Crippen molar-refractivity contribution in [2.45, 2.75) is 46.4 Å². The number of hydrogen-bond donors (Lipinski definition) is 0. The first-order valence-electron chi connectivity index (χ1n) is 9.96. The first-order chi connectivity index (χ1) is 13.8. The normalized spacial score (nSPS) is 22.8. The molecule has 0 radical (unpaired) electrons. The van der Waals surface area contributed by atoms with E-state index in [4.69, 9.17) is 9.15 Å². The number of amides is 2. The van der Waals surface area contributed by atoms with Crippen LogP contribution in [0, 0.1) is 13.8 Å². The number of rotatable bonds is 4. The van der Waals surface area contributed by atoms with Crippen molar-refractivity contribution in [3.8, 4) is 0 Å². The highest BCUT2D eigenvalue weighted by Crippen LogP contribution is 2.35. The van der Waals surface area contributed by atoms with Gasteiger partial charge in [0.2, 0.25) is 0 Å². The van der Waals surface area contributed by atoms with Crippen LogP contribution in [-0.4, -0.2) is 46.9 Å². The van der Waals surface area contributed by atoms with Crippen molar-refractivity contribution in [3.63, 3.8) is 0 Å². The number of imide groups is 1. The zero-order valence-corrected chi connectivity index (χ0v) is 17.3. The molecule has 2 atom stereocenters. The summed E-state index contributed by atoms with van der Waals surface area (Å²) >= 11 is 0. The highest BCUT2D eigenvalue weighted by molar-refractivity contribution is 6.35. The summed E-state index contributed by atoms with van der Waals surface area (Å²) in [4.78, 5) is 30.2. The average Bonchev–Trinajstić information content (AvgIpc) is 3.23. The molecule has 1 aromatic heterocycles. The summed E-state index contributed by atoms with van der Waals surface area (Å²) in [6, 6.07) is 9.48. The molecule has 0 spiro atoms. The molecule has 2 aliphatic rings. The number of ether oxygens (including phenoxy) is 1. The summed E-state index contributed by atoms with van der Waals surface area (Å²) in [6.45, 7) is 9.23. The summed E-state index contributed by atoms with van der Waals surface area (Å²) in [5, 5.41) is 0. The fourth-order valence-corrected chi connectivity index (χ4v) is 4.26. The van der Waals surface area contributed by atoms with Gasteiger partial charge in [0.05, 0.1) is 30.6 Å². The Morgan fingerprint density at radius 1 is 1.03 bits per heavy atom. The van der Waals surface area contributed by atoms with Crippen molar-refractivity contribution < 1.29 is 18.7 Å². The number of nitrogens with zero attached hydrogens (tertiary/aromatic N) is 2. The number of benzene rings is 1. The lowest BCUT2D eigenvalue weighted by Gasteiger charge is -2.37. The van der Waals surface area contributed by atoms with Crippen molar-refractivity contribution in [3.05, 3.63) is 64.7 Å². The molecule has 0 bridgehead atoms. The number of carbonyl (C=O) groups is 2. The van der Waals surface area contributed by atoms with E-state index in [1.807, 2.05) is 50.8 Å². The van der Waals surface area contributed by atoms with Crippen LogP contribution in [0.15, 0.2) is 46.7 Å². The second kappa shape index (κ2) is 7.52. The minimum Gasteiger partial charge on any atom is -0.467 e. The van der Waals surface area contributed by atoms with Gasteiger partial charge < -0.3 is 14.1 Å². The fraction of sp³-hybridized carbons (Fsp3) is 0.391. The lowest BCUT2D eigenvalue weighted by Crippen LogP contribution is -2.46. The van der Waals surface area contributed by atoms with Crippen molar-refractivity contribution >= 4 is 17.4 Å². The molecule has 152 valence electrons. The molecular formula is C23H26N2O4. The summed E-state index contributed by atoms with van der Waals surface area (Å²) < 4.78 is 11.2. The molecule has 0 aliphatic carbocycles. The molecule has 3 heterocycles. The Kier molecular flexibility index (Phi) is 5.04. The van der Waals surface area contributed by atoms with Gasteiger partial charge in [-0.15, -0.1) is 0 Å². The van der Waals surface area contributed by atoms with Gasteiger partial charge in [-0.05, 0) is 51.0 Å². The zero-order valence-electron chi connectivity index (χ0n) is 17.3.